The van der Waals surface area contributed by atoms with Gasteiger partial charge >= 0.3 is 0 Å². The van der Waals surface area contributed by atoms with Crippen LogP contribution in [0.2, 0.25) is 0 Å². The second kappa shape index (κ2) is 13.8. The Balaban J connectivity index is 1.65. The van der Waals surface area contributed by atoms with E-state index in [0.717, 1.165) is 50.9 Å². The van der Waals surface area contributed by atoms with Gasteiger partial charge in [0.05, 0.1) is 6.10 Å². The fourth-order valence-corrected chi connectivity index (χ4v) is 5.64. The maximum absolute atomic E-state index is 14.1. The smallest absolute Gasteiger partial charge is 0.248 e. The number of hydrogen-bond acceptors (Lipinski definition) is 4. The molecule has 7 heteroatoms. The van der Waals surface area contributed by atoms with E-state index in [-0.39, 0.29) is 30.7 Å². The summed E-state index contributed by atoms with van der Waals surface area (Å²) in [6.45, 7) is 6.64. The van der Waals surface area contributed by atoms with Crippen LogP contribution in [0, 0.1) is 17.7 Å². The van der Waals surface area contributed by atoms with E-state index in [2.05, 4.69) is 10.2 Å². The predicted octanol–water partition coefficient (Wildman–Crippen LogP) is 5.83. The quantitative estimate of drug-likeness (QED) is 0.358. The number of rotatable bonds is 13. The lowest BCUT2D eigenvalue weighted by Gasteiger charge is -2.42. The summed E-state index contributed by atoms with van der Waals surface area (Å²) in [6, 6.07) is 7.10. The van der Waals surface area contributed by atoms with Crippen LogP contribution in [0.1, 0.15) is 70.0 Å². The van der Waals surface area contributed by atoms with Gasteiger partial charge in [0.1, 0.15) is 5.82 Å². The number of alkyl halides is 2. The van der Waals surface area contributed by atoms with Crippen molar-refractivity contribution in [3.05, 3.63) is 35.6 Å². The maximum atomic E-state index is 14.1. The van der Waals surface area contributed by atoms with Crippen molar-refractivity contribution in [1.82, 2.24) is 10.2 Å². The first kappa shape index (κ1) is 27.4. The molecule has 0 radical (unpaired) electrons. The van der Waals surface area contributed by atoms with Gasteiger partial charge in [0.2, 0.25) is 5.92 Å². The van der Waals surface area contributed by atoms with Crippen LogP contribution in [0.4, 0.5) is 13.2 Å². The van der Waals surface area contributed by atoms with E-state index in [9.17, 15) is 13.2 Å². The van der Waals surface area contributed by atoms with Crippen LogP contribution >= 0.6 is 0 Å². The minimum absolute atomic E-state index is 0.0177. The summed E-state index contributed by atoms with van der Waals surface area (Å²) in [5, 5.41) is 3.32. The van der Waals surface area contributed by atoms with Crippen molar-refractivity contribution >= 4 is 0 Å². The van der Waals surface area contributed by atoms with Gasteiger partial charge in [0.25, 0.3) is 0 Å². The molecule has 1 aromatic rings. The molecule has 1 saturated carbocycles. The highest BCUT2D eigenvalue weighted by molar-refractivity contribution is 5.20. The highest BCUT2D eigenvalue weighted by atomic mass is 19.3. The van der Waals surface area contributed by atoms with Crippen LogP contribution < -0.4 is 5.32 Å². The lowest BCUT2D eigenvalue weighted by Crippen LogP contribution is -2.49. The largest absolute Gasteiger partial charge is 0.382 e. The van der Waals surface area contributed by atoms with Gasteiger partial charge in [-0.25, -0.2) is 13.2 Å². The molecule has 194 valence electrons. The zero-order chi connectivity index (χ0) is 24.4. The van der Waals surface area contributed by atoms with Crippen molar-refractivity contribution in [2.75, 3.05) is 46.5 Å². The molecular formula is C27H43F3N2O2. The Kier molecular flexibility index (Phi) is 11.1. The minimum Gasteiger partial charge on any atom is -0.382 e. The minimum atomic E-state index is -2.48. The number of likely N-dealkylation sites (tertiary alicyclic amines) is 1. The third-order valence-electron chi connectivity index (χ3n) is 7.43. The van der Waals surface area contributed by atoms with E-state index in [4.69, 9.17) is 9.47 Å². The van der Waals surface area contributed by atoms with Crippen molar-refractivity contribution in [3.63, 3.8) is 0 Å². The second-order valence-electron chi connectivity index (χ2n) is 10.0. The Morgan fingerprint density at radius 3 is 2.68 bits per heavy atom. The summed E-state index contributed by atoms with van der Waals surface area (Å²) in [7, 11) is 1.96. The topological polar surface area (TPSA) is 33.7 Å². The van der Waals surface area contributed by atoms with Crippen LogP contribution in [0.25, 0.3) is 0 Å². The molecule has 1 heterocycles. The first-order valence-electron chi connectivity index (χ1n) is 13.1. The Morgan fingerprint density at radius 2 is 1.97 bits per heavy atom. The zero-order valence-corrected chi connectivity index (χ0v) is 20.9. The molecule has 1 N–H and O–H groups in total. The molecule has 0 bridgehead atoms. The zero-order valence-electron chi connectivity index (χ0n) is 20.9. The number of hydrogen-bond donors (Lipinski definition) is 1. The third-order valence-corrected chi connectivity index (χ3v) is 7.43. The summed E-state index contributed by atoms with van der Waals surface area (Å²) in [5.74, 6) is -2.11. The molecule has 1 aliphatic carbocycles. The highest BCUT2D eigenvalue weighted by Gasteiger charge is 2.37. The third kappa shape index (κ3) is 8.51. The monoisotopic (exact) mass is 484 g/mol. The molecule has 1 aliphatic heterocycles. The Morgan fingerprint density at radius 1 is 1.18 bits per heavy atom. The molecule has 0 aromatic heterocycles. The van der Waals surface area contributed by atoms with Crippen molar-refractivity contribution in [1.29, 1.82) is 0 Å². The van der Waals surface area contributed by atoms with Crippen LogP contribution in [0.15, 0.2) is 24.3 Å². The van der Waals surface area contributed by atoms with Crippen molar-refractivity contribution in [2.24, 2.45) is 11.8 Å². The highest BCUT2D eigenvalue weighted by Crippen LogP contribution is 2.39. The Hall–Kier alpha value is -1.15. The van der Waals surface area contributed by atoms with E-state index in [1.54, 1.807) is 12.1 Å². The number of halogens is 3. The molecule has 1 saturated heterocycles. The first-order chi connectivity index (χ1) is 16.4. The SMILES string of the molecule is CCOCCCO[C@@H](c1cccc(F)c1)[C@@H]1CCCN(C(CNC)CC2CCC(F)(F)CC2)C1. The van der Waals surface area contributed by atoms with E-state index in [1.165, 1.54) is 6.07 Å². The number of nitrogens with zero attached hydrogens (tertiary/aromatic N) is 1. The van der Waals surface area contributed by atoms with Gasteiger partial charge in [-0.3, -0.25) is 4.90 Å². The van der Waals surface area contributed by atoms with Gasteiger partial charge < -0.3 is 14.8 Å². The molecule has 4 nitrogen and oxygen atoms in total. The average Bonchev–Trinajstić information content (AvgIpc) is 2.82. The normalized spacial score (nSPS) is 23.6. The summed E-state index contributed by atoms with van der Waals surface area (Å²) in [5.41, 5.74) is 0.892. The Bertz CT molecular complexity index is 711. The predicted molar refractivity (Wildman–Crippen MR) is 130 cm³/mol. The van der Waals surface area contributed by atoms with Crippen LogP contribution in [-0.2, 0) is 9.47 Å². The summed E-state index contributed by atoms with van der Waals surface area (Å²) >= 11 is 0. The molecule has 3 atom stereocenters. The Labute approximate surface area is 203 Å². The standard InChI is InChI=1S/C27H43F3N2O2/c1-3-33-15-6-16-34-26(22-7-4-9-24(28)18-22)23-8-5-14-32(20-23)25(19-31-2)17-21-10-12-27(29,30)13-11-21/h4,7,9,18,21,23,25-26,31H,3,5-6,8,10-17,19-20H2,1-2H3/t23-,25?,26+/m1/s1. The molecule has 0 amide bonds. The van der Waals surface area contributed by atoms with E-state index in [1.807, 2.05) is 20.0 Å². The molecule has 0 spiro atoms. The van der Waals surface area contributed by atoms with Gasteiger partial charge in [-0.05, 0) is 82.7 Å². The average molecular weight is 485 g/mol. The van der Waals surface area contributed by atoms with Crippen molar-refractivity contribution in [2.45, 2.75) is 76.4 Å². The summed E-state index contributed by atoms with van der Waals surface area (Å²) in [4.78, 5) is 2.52. The molecule has 3 rings (SSSR count). The van der Waals surface area contributed by atoms with Gasteiger partial charge in [-0.1, -0.05) is 12.1 Å². The number of benzene rings is 1. The number of ether oxygens (including phenoxy) is 2. The fourth-order valence-electron chi connectivity index (χ4n) is 5.64. The molecule has 1 aromatic carbocycles. The summed E-state index contributed by atoms with van der Waals surface area (Å²) in [6.07, 6.45) is 4.94. The van der Waals surface area contributed by atoms with Crippen molar-refractivity contribution < 1.29 is 22.6 Å². The lowest BCUT2D eigenvalue weighted by molar-refractivity contribution is -0.0527. The second-order valence-corrected chi connectivity index (χ2v) is 10.0. The molecule has 1 unspecified atom stereocenters. The van der Waals surface area contributed by atoms with Gasteiger partial charge in [-0.15, -0.1) is 0 Å². The molecule has 2 fully saturated rings. The lowest BCUT2D eigenvalue weighted by atomic mass is 9.81. The number of piperidine rings is 1. The fraction of sp³-hybridized carbons (Fsp3) is 0.778. The number of nitrogens with one attached hydrogen (secondary N) is 1. The number of likely N-dealkylation sites (N-methyl/N-ethyl adjacent to an activating group) is 1. The van der Waals surface area contributed by atoms with Crippen LogP contribution in [0.3, 0.4) is 0 Å². The molecule has 34 heavy (non-hydrogen) atoms. The van der Waals surface area contributed by atoms with E-state index in [0.29, 0.717) is 44.6 Å². The summed E-state index contributed by atoms with van der Waals surface area (Å²) < 4.78 is 53.2. The molecule has 2 aliphatic rings. The van der Waals surface area contributed by atoms with E-state index < -0.39 is 5.92 Å². The molecular weight excluding hydrogens is 441 g/mol. The van der Waals surface area contributed by atoms with Crippen LogP contribution in [-0.4, -0.2) is 63.4 Å². The first-order valence-corrected chi connectivity index (χ1v) is 13.1. The van der Waals surface area contributed by atoms with Gasteiger partial charge in [-0.2, -0.15) is 0 Å². The van der Waals surface area contributed by atoms with Gasteiger partial charge in [0.15, 0.2) is 0 Å². The van der Waals surface area contributed by atoms with Crippen LogP contribution in [0.5, 0.6) is 0 Å². The van der Waals surface area contributed by atoms with E-state index >= 15 is 0 Å². The maximum Gasteiger partial charge on any atom is 0.248 e. The van der Waals surface area contributed by atoms with Gasteiger partial charge in [0, 0.05) is 57.7 Å². The van der Waals surface area contributed by atoms with Crippen molar-refractivity contribution in [3.8, 4) is 0 Å².